The highest BCUT2D eigenvalue weighted by Gasteiger charge is 2.27. The molecule has 4 aromatic rings. The molecule has 0 radical (unpaired) electrons. The zero-order valence-electron chi connectivity index (χ0n) is 24.8. The van der Waals surface area contributed by atoms with Crippen LogP contribution in [0.2, 0.25) is 0 Å². The van der Waals surface area contributed by atoms with Crippen LogP contribution in [0.1, 0.15) is 12.8 Å². The number of methoxy groups -OCH3 is 1. The van der Waals surface area contributed by atoms with Crippen LogP contribution in [0, 0.1) is 5.82 Å². The molecule has 6 rings (SSSR count). The van der Waals surface area contributed by atoms with Crippen LogP contribution in [-0.4, -0.2) is 95.3 Å². The van der Waals surface area contributed by atoms with E-state index in [1.807, 2.05) is 35.1 Å². The van der Waals surface area contributed by atoms with Gasteiger partial charge in [0, 0.05) is 56.1 Å². The van der Waals surface area contributed by atoms with Gasteiger partial charge in [0.1, 0.15) is 17.4 Å². The van der Waals surface area contributed by atoms with Crippen molar-refractivity contribution in [2.75, 3.05) is 75.6 Å². The van der Waals surface area contributed by atoms with Gasteiger partial charge >= 0.3 is 0 Å². The molecule has 43 heavy (non-hydrogen) atoms. The lowest BCUT2D eigenvalue weighted by Crippen LogP contribution is -2.53. The Hall–Kier alpha value is -3.87. The zero-order valence-corrected chi connectivity index (χ0v) is 25.6. The number of rotatable bonds is 8. The molecule has 2 aromatic heterocycles. The molecule has 2 aliphatic heterocycles. The fraction of sp³-hybridized carbons (Fsp3) is 0.387. The largest absolute Gasteiger partial charge is 0.494 e. The van der Waals surface area contributed by atoms with Crippen LogP contribution in [0.3, 0.4) is 0 Å². The molecule has 2 aromatic carbocycles. The summed E-state index contributed by atoms with van der Waals surface area (Å²) in [5, 5.41) is 12.8. The van der Waals surface area contributed by atoms with Gasteiger partial charge in [-0.3, -0.25) is 9.47 Å². The smallest absolute Gasteiger partial charge is 0.195 e. The first kappa shape index (κ1) is 29.2. The molecule has 12 heteroatoms. The first-order valence-electron chi connectivity index (χ1n) is 14.6. The number of nitrogens with zero attached hydrogens (tertiary/aromatic N) is 7. The average Bonchev–Trinajstić information content (AvgIpc) is 3.47. The van der Waals surface area contributed by atoms with E-state index in [0.717, 1.165) is 48.8 Å². The minimum atomic E-state index is -0.301. The molecule has 0 unspecified atom stereocenters. The Bertz CT molecular complexity index is 1550. The summed E-state index contributed by atoms with van der Waals surface area (Å²) in [7, 11) is 3.87. The number of likely N-dealkylation sites (tertiary alicyclic amines) is 1. The number of ether oxygens (including phenoxy) is 1. The van der Waals surface area contributed by atoms with Crippen molar-refractivity contribution < 1.29 is 9.13 Å². The third-order valence-electron chi connectivity index (χ3n) is 8.39. The number of piperazine rings is 1. The minimum absolute atomic E-state index is 0.301. The van der Waals surface area contributed by atoms with E-state index in [1.54, 1.807) is 25.4 Å². The molecule has 10 nitrogen and oxygen atoms in total. The summed E-state index contributed by atoms with van der Waals surface area (Å²) in [6.07, 6.45) is 6.15. The average molecular weight is 604 g/mol. The summed E-state index contributed by atoms with van der Waals surface area (Å²) < 4.78 is 21.3. The fourth-order valence-corrected chi connectivity index (χ4v) is 6.50. The predicted octanol–water partition coefficient (Wildman–Crippen LogP) is 4.74. The van der Waals surface area contributed by atoms with Crippen molar-refractivity contribution >= 4 is 34.6 Å². The molecule has 0 bridgehead atoms. The van der Waals surface area contributed by atoms with Crippen LogP contribution >= 0.6 is 11.8 Å². The second-order valence-electron chi connectivity index (χ2n) is 11.0. The SMILES string of the molecule is COc1cc(N2CCN(C3CCN(C)CC3)CC2)c(N)cc1Nc1cc(-n2c(SC)nnc2-c2ccc(F)cc2)ccn1. The van der Waals surface area contributed by atoms with Gasteiger partial charge in [-0.2, -0.15) is 0 Å². The summed E-state index contributed by atoms with van der Waals surface area (Å²) in [5.74, 6) is 1.61. The second kappa shape index (κ2) is 12.8. The van der Waals surface area contributed by atoms with Crippen molar-refractivity contribution in [3.05, 3.63) is 60.5 Å². The van der Waals surface area contributed by atoms with E-state index in [-0.39, 0.29) is 5.82 Å². The minimum Gasteiger partial charge on any atom is -0.494 e. The molecular formula is C31H38FN9OS. The molecule has 0 spiro atoms. The van der Waals surface area contributed by atoms with Gasteiger partial charge in [0.2, 0.25) is 0 Å². The monoisotopic (exact) mass is 603 g/mol. The number of anilines is 4. The molecule has 0 aliphatic carbocycles. The standard InChI is InChI=1S/C31H38FN9OS/c1-38-12-9-23(10-13-38)39-14-16-40(17-15-39)27-20-28(42-2)26(19-25(27)33)35-29-18-24(8-11-34-29)41-30(36-37-31(41)43-3)21-4-6-22(32)7-5-21/h4-8,11,18-20,23H,9-10,12-17,33H2,1-3H3,(H,34,35). The number of aromatic nitrogens is 4. The molecule has 0 amide bonds. The van der Waals surface area contributed by atoms with Crippen LogP contribution < -0.4 is 20.7 Å². The van der Waals surface area contributed by atoms with E-state index in [0.29, 0.717) is 34.3 Å². The fourth-order valence-electron chi connectivity index (χ4n) is 6.00. The molecule has 2 saturated heterocycles. The Morgan fingerprint density at radius 2 is 1.72 bits per heavy atom. The summed E-state index contributed by atoms with van der Waals surface area (Å²) >= 11 is 1.48. The van der Waals surface area contributed by atoms with E-state index >= 15 is 0 Å². The van der Waals surface area contributed by atoms with Gasteiger partial charge in [-0.15, -0.1) is 10.2 Å². The van der Waals surface area contributed by atoms with Crippen molar-refractivity contribution in [2.24, 2.45) is 0 Å². The van der Waals surface area contributed by atoms with Crippen molar-refractivity contribution in [1.82, 2.24) is 29.5 Å². The quantitative estimate of drug-likeness (QED) is 0.217. The number of thioether (sulfide) groups is 1. The zero-order chi connectivity index (χ0) is 29.9. The number of piperidine rings is 1. The van der Waals surface area contributed by atoms with Crippen molar-refractivity contribution in [3.63, 3.8) is 0 Å². The molecular weight excluding hydrogens is 565 g/mol. The number of nitrogen functional groups attached to an aromatic ring is 1. The summed E-state index contributed by atoms with van der Waals surface area (Å²) in [6, 6.07) is 14.7. The third kappa shape index (κ3) is 6.27. The van der Waals surface area contributed by atoms with Crippen molar-refractivity contribution in [2.45, 2.75) is 24.0 Å². The summed E-state index contributed by atoms with van der Waals surface area (Å²) in [5.41, 5.74) is 10.6. The van der Waals surface area contributed by atoms with E-state index in [2.05, 4.69) is 42.2 Å². The number of hydrogen-bond acceptors (Lipinski definition) is 10. The first-order valence-corrected chi connectivity index (χ1v) is 15.8. The Morgan fingerprint density at radius 1 is 0.977 bits per heavy atom. The van der Waals surface area contributed by atoms with Crippen LogP contribution in [0.25, 0.3) is 17.1 Å². The van der Waals surface area contributed by atoms with Gasteiger partial charge in [-0.05, 0) is 75.6 Å². The van der Waals surface area contributed by atoms with Gasteiger partial charge in [0.25, 0.3) is 0 Å². The molecule has 4 heterocycles. The number of benzene rings is 2. The molecule has 0 saturated carbocycles. The van der Waals surface area contributed by atoms with E-state index in [4.69, 9.17) is 10.5 Å². The maximum atomic E-state index is 13.6. The Labute approximate surface area is 256 Å². The Morgan fingerprint density at radius 3 is 2.42 bits per heavy atom. The Balaban J connectivity index is 1.21. The van der Waals surface area contributed by atoms with Crippen LogP contribution in [0.5, 0.6) is 5.75 Å². The molecule has 2 fully saturated rings. The third-order valence-corrected chi connectivity index (χ3v) is 9.02. The number of pyridine rings is 1. The van der Waals surface area contributed by atoms with Crippen molar-refractivity contribution in [1.29, 1.82) is 0 Å². The number of nitrogens with one attached hydrogen (secondary N) is 1. The van der Waals surface area contributed by atoms with E-state index in [9.17, 15) is 4.39 Å². The normalized spacial score (nSPS) is 16.9. The number of nitrogens with two attached hydrogens (primary N) is 1. The highest BCUT2D eigenvalue weighted by molar-refractivity contribution is 7.98. The second-order valence-corrected chi connectivity index (χ2v) is 11.8. The summed E-state index contributed by atoms with van der Waals surface area (Å²) in [6.45, 7) is 6.29. The molecule has 0 atom stereocenters. The van der Waals surface area contributed by atoms with E-state index < -0.39 is 0 Å². The lowest BCUT2D eigenvalue weighted by molar-refractivity contribution is 0.115. The van der Waals surface area contributed by atoms with E-state index in [1.165, 1.54) is 49.8 Å². The molecule has 3 N–H and O–H groups in total. The van der Waals surface area contributed by atoms with Gasteiger partial charge in [0.15, 0.2) is 11.0 Å². The topological polar surface area (TPSA) is 101 Å². The number of hydrogen-bond donors (Lipinski definition) is 2. The Kier molecular flexibility index (Phi) is 8.68. The number of halogens is 1. The van der Waals surface area contributed by atoms with Crippen LogP contribution in [0.4, 0.5) is 27.3 Å². The van der Waals surface area contributed by atoms with Gasteiger partial charge in [0.05, 0.1) is 29.9 Å². The van der Waals surface area contributed by atoms with Gasteiger partial charge < -0.3 is 25.6 Å². The highest BCUT2D eigenvalue weighted by Crippen LogP contribution is 2.38. The molecule has 226 valence electrons. The maximum absolute atomic E-state index is 13.6. The lowest BCUT2D eigenvalue weighted by Gasteiger charge is -2.43. The van der Waals surface area contributed by atoms with Gasteiger partial charge in [-0.25, -0.2) is 9.37 Å². The lowest BCUT2D eigenvalue weighted by atomic mass is 10.0. The maximum Gasteiger partial charge on any atom is 0.195 e. The van der Waals surface area contributed by atoms with Crippen LogP contribution in [-0.2, 0) is 0 Å². The molecule has 2 aliphatic rings. The predicted molar refractivity (Wildman–Crippen MR) is 171 cm³/mol. The first-order chi connectivity index (χ1) is 20.9. The van der Waals surface area contributed by atoms with Gasteiger partial charge in [-0.1, -0.05) is 11.8 Å². The van der Waals surface area contributed by atoms with Crippen molar-refractivity contribution in [3.8, 4) is 22.8 Å². The van der Waals surface area contributed by atoms with Crippen LogP contribution in [0.15, 0.2) is 59.9 Å². The summed E-state index contributed by atoms with van der Waals surface area (Å²) in [4.78, 5) is 12.0. The highest BCUT2D eigenvalue weighted by atomic mass is 32.2.